The highest BCUT2D eigenvalue weighted by Crippen LogP contribution is 2.24. The number of barbiturate groups is 1. The zero-order chi connectivity index (χ0) is 23.3. The molecule has 1 atom stereocenters. The number of ether oxygens (including phenoxy) is 2. The normalized spacial score (nSPS) is 16.0. The summed E-state index contributed by atoms with van der Waals surface area (Å²) in [6.07, 6.45) is 0.0407. The Labute approximate surface area is 184 Å². The van der Waals surface area contributed by atoms with Gasteiger partial charge in [-0.15, -0.1) is 0 Å². The van der Waals surface area contributed by atoms with Crippen LogP contribution in [0.4, 0.5) is 10.5 Å². The van der Waals surface area contributed by atoms with Gasteiger partial charge in [0.15, 0.2) is 5.78 Å². The van der Waals surface area contributed by atoms with Gasteiger partial charge in [-0.1, -0.05) is 12.1 Å². The monoisotopic (exact) mass is 438 g/mol. The summed E-state index contributed by atoms with van der Waals surface area (Å²) in [7, 11) is 1.50. The molecule has 0 aromatic heterocycles. The van der Waals surface area contributed by atoms with Crippen molar-refractivity contribution in [2.45, 2.75) is 13.3 Å². The van der Waals surface area contributed by atoms with Crippen LogP contribution in [-0.2, 0) is 25.5 Å². The Morgan fingerprint density at radius 2 is 1.56 bits per heavy atom. The molecule has 1 unspecified atom stereocenters. The van der Waals surface area contributed by atoms with Crippen molar-refractivity contribution in [1.82, 2.24) is 5.32 Å². The lowest BCUT2D eigenvalue weighted by molar-refractivity contribution is -0.134. The smallest absolute Gasteiger partial charge is 0.338 e. The van der Waals surface area contributed by atoms with Crippen LogP contribution in [0.2, 0.25) is 0 Å². The Morgan fingerprint density at radius 3 is 2.16 bits per heavy atom. The highest BCUT2D eigenvalue weighted by atomic mass is 16.6. The summed E-state index contributed by atoms with van der Waals surface area (Å²) in [5, 5.41) is 2.20. The second-order valence-electron chi connectivity index (χ2n) is 7.15. The third kappa shape index (κ3) is 5.06. The summed E-state index contributed by atoms with van der Waals surface area (Å²) in [6.45, 7) is 1.83. The fourth-order valence-electron chi connectivity index (χ4n) is 3.20. The first-order valence-corrected chi connectivity index (χ1v) is 9.86. The van der Waals surface area contributed by atoms with E-state index in [4.69, 9.17) is 9.47 Å². The van der Waals surface area contributed by atoms with Crippen molar-refractivity contribution >= 4 is 35.3 Å². The fraction of sp³-hybridized carbons (Fsp3) is 0.261. The number of carbonyl (C=O) groups is 5. The zero-order valence-corrected chi connectivity index (χ0v) is 17.6. The number of anilines is 1. The van der Waals surface area contributed by atoms with E-state index < -0.39 is 29.7 Å². The number of ketones is 1. The van der Waals surface area contributed by atoms with E-state index in [0.717, 1.165) is 4.90 Å². The van der Waals surface area contributed by atoms with Crippen LogP contribution in [-0.4, -0.2) is 49.9 Å². The van der Waals surface area contributed by atoms with Crippen LogP contribution in [0.5, 0.6) is 0 Å². The van der Waals surface area contributed by atoms with Crippen molar-refractivity contribution < 1.29 is 33.4 Å². The number of nitrogens with one attached hydrogen (secondary N) is 1. The number of Topliss-reactive ketones (excluding diaryl/α,β-unsaturated/α-hetero) is 1. The molecule has 0 saturated carbocycles. The number of urea groups is 1. The Balaban J connectivity index is 1.73. The second-order valence-corrected chi connectivity index (χ2v) is 7.15. The molecule has 32 heavy (non-hydrogen) atoms. The largest absolute Gasteiger partial charge is 0.460 e. The molecule has 0 bridgehead atoms. The van der Waals surface area contributed by atoms with E-state index in [0.29, 0.717) is 16.7 Å². The molecule has 0 radical (unpaired) electrons. The Morgan fingerprint density at radius 1 is 0.938 bits per heavy atom. The van der Waals surface area contributed by atoms with Gasteiger partial charge in [0.2, 0.25) is 11.8 Å². The van der Waals surface area contributed by atoms with Crippen LogP contribution < -0.4 is 10.2 Å². The van der Waals surface area contributed by atoms with Crippen LogP contribution in [0.15, 0.2) is 48.5 Å². The lowest BCUT2D eigenvalue weighted by Crippen LogP contribution is -2.58. The van der Waals surface area contributed by atoms with Gasteiger partial charge >= 0.3 is 12.0 Å². The summed E-state index contributed by atoms with van der Waals surface area (Å²) >= 11 is 0. The van der Waals surface area contributed by atoms with Gasteiger partial charge in [-0.05, 0) is 55.3 Å². The summed E-state index contributed by atoms with van der Waals surface area (Å²) in [6, 6.07) is 11.4. The number of rotatable bonds is 8. The molecular formula is C23H22N2O7. The van der Waals surface area contributed by atoms with Gasteiger partial charge in [-0.3, -0.25) is 19.7 Å². The summed E-state index contributed by atoms with van der Waals surface area (Å²) in [4.78, 5) is 61.9. The summed E-state index contributed by atoms with van der Waals surface area (Å²) in [5.41, 5.74) is 1.65. The molecule has 1 heterocycles. The molecule has 1 aliphatic rings. The minimum absolute atomic E-state index is 0.0407. The van der Waals surface area contributed by atoms with E-state index in [9.17, 15) is 24.0 Å². The molecule has 0 spiro atoms. The van der Waals surface area contributed by atoms with Gasteiger partial charge in [0.25, 0.3) is 0 Å². The predicted octanol–water partition coefficient (Wildman–Crippen LogP) is 2.13. The average Bonchev–Trinajstić information content (AvgIpc) is 2.77. The van der Waals surface area contributed by atoms with Crippen molar-refractivity contribution in [2.24, 2.45) is 5.92 Å². The third-order valence-corrected chi connectivity index (χ3v) is 4.95. The first-order chi connectivity index (χ1) is 15.3. The van der Waals surface area contributed by atoms with Gasteiger partial charge in [0.05, 0.1) is 17.9 Å². The highest BCUT2D eigenvalue weighted by molar-refractivity contribution is 6.27. The predicted molar refractivity (Wildman–Crippen MR) is 113 cm³/mol. The minimum Gasteiger partial charge on any atom is -0.460 e. The quantitative estimate of drug-likeness (QED) is 0.290. The number of hydrogen-bond donors (Lipinski definition) is 1. The molecule has 3 rings (SSSR count). The van der Waals surface area contributed by atoms with E-state index in [2.05, 4.69) is 5.32 Å². The van der Waals surface area contributed by atoms with Crippen molar-refractivity contribution in [3.63, 3.8) is 0 Å². The number of hydrogen-bond acceptors (Lipinski definition) is 7. The van der Waals surface area contributed by atoms with Crippen molar-refractivity contribution in [3.8, 4) is 0 Å². The SMILES string of the molecule is COCCOC(=O)c1ccc(CC2C(=O)NC(=O)N(c3ccc(C(C)=O)cc3)C2=O)cc1. The number of esters is 1. The van der Waals surface area contributed by atoms with Crippen LogP contribution in [0, 0.1) is 5.92 Å². The lowest BCUT2D eigenvalue weighted by Gasteiger charge is -2.30. The number of carbonyl (C=O) groups excluding carboxylic acids is 5. The molecule has 166 valence electrons. The first-order valence-electron chi connectivity index (χ1n) is 9.86. The molecule has 1 N–H and O–H groups in total. The van der Waals surface area contributed by atoms with Crippen molar-refractivity contribution in [3.05, 3.63) is 65.2 Å². The third-order valence-electron chi connectivity index (χ3n) is 4.95. The lowest BCUT2D eigenvalue weighted by atomic mass is 9.94. The molecule has 1 fully saturated rings. The maximum atomic E-state index is 13.0. The van der Waals surface area contributed by atoms with E-state index in [1.165, 1.54) is 38.3 Å². The molecular weight excluding hydrogens is 416 g/mol. The van der Waals surface area contributed by atoms with Gasteiger partial charge in [-0.2, -0.15) is 0 Å². The van der Waals surface area contributed by atoms with E-state index in [1.807, 2.05) is 0 Å². The van der Waals surface area contributed by atoms with Crippen molar-refractivity contribution in [2.75, 3.05) is 25.2 Å². The Kier molecular flexibility index (Phi) is 7.11. The number of amides is 4. The van der Waals surface area contributed by atoms with Gasteiger partial charge in [0.1, 0.15) is 12.5 Å². The number of benzene rings is 2. The van der Waals surface area contributed by atoms with E-state index in [1.54, 1.807) is 24.3 Å². The van der Waals surface area contributed by atoms with E-state index in [-0.39, 0.29) is 31.1 Å². The minimum atomic E-state index is -1.13. The second kappa shape index (κ2) is 9.97. The first kappa shape index (κ1) is 22.8. The standard InChI is InChI=1S/C23H22N2O7/c1-14(26)16-7-9-18(10-8-16)25-21(28)19(20(27)24-23(25)30)13-15-3-5-17(6-4-15)22(29)32-12-11-31-2/h3-10,19H,11-13H2,1-2H3,(H,24,27,30). The summed E-state index contributed by atoms with van der Waals surface area (Å²) in [5.74, 6) is -3.15. The van der Waals surface area contributed by atoms with E-state index >= 15 is 0 Å². The van der Waals surface area contributed by atoms with Crippen LogP contribution in [0.3, 0.4) is 0 Å². The maximum absolute atomic E-state index is 13.0. The molecule has 4 amide bonds. The van der Waals surface area contributed by atoms with Gasteiger partial charge in [-0.25, -0.2) is 14.5 Å². The molecule has 2 aromatic carbocycles. The van der Waals surface area contributed by atoms with Gasteiger partial charge in [0, 0.05) is 12.7 Å². The highest BCUT2D eigenvalue weighted by Gasteiger charge is 2.41. The van der Waals surface area contributed by atoms with Gasteiger partial charge < -0.3 is 9.47 Å². The fourth-order valence-corrected chi connectivity index (χ4v) is 3.20. The van der Waals surface area contributed by atoms with Crippen LogP contribution in [0.1, 0.15) is 33.2 Å². The molecule has 0 aliphatic carbocycles. The molecule has 1 saturated heterocycles. The Bertz CT molecular complexity index is 1050. The number of methoxy groups -OCH3 is 1. The van der Waals surface area contributed by atoms with Crippen LogP contribution >= 0.6 is 0 Å². The number of imide groups is 2. The summed E-state index contributed by atoms with van der Waals surface area (Å²) < 4.78 is 9.87. The van der Waals surface area contributed by atoms with Crippen molar-refractivity contribution in [1.29, 1.82) is 0 Å². The Hall–Kier alpha value is -3.85. The zero-order valence-electron chi connectivity index (χ0n) is 17.6. The molecule has 9 nitrogen and oxygen atoms in total. The topological polar surface area (TPSA) is 119 Å². The van der Waals surface area contributed by atoms with Crippen LogP contribution in [0.25, 0.3) is 0 Å². The maximum Gasteiger partial charge on any atom is 0.338 e. The molecule has 1 aliphatic heterocycles. The average molecular weight is 438 g/mol. The molecule has 9 heteroatoms. The molecule has 2 aromatic rings. The number of nitrogens with zero attached hydrogens (tertiary/aromatic N) is 1.